The maximum Gasteiger partial charge on any atom is 0.307 e. The molecule has 0 aromatic carbocycles. The second kappa shape index (κ2) is 3.66. The van der Waals surface area contributed by atoms with Gasteiger partial charge in [0, 0.05) is 11.8 Å². The Bertz CT molecular complexity index is 533. The fraction of sp³-hybridized carbons (Fsp3) is 0.200. The second-order valence-corrected chi connectivity index (χ2v) is 4.04. The van der Waals surface area contributed by atoms with Gasteiger partial charge in [-0.3, -0.25) is 9.20 Å². The van der Waals surface area contributed by atoms with Crippen LogP contribution in [0.15, 0.2) is 22.9 Å². The Hall–Kier alpha value is -1.36. The Labute approximate surface area is 94.7 Å². The van der Waals surface area contributed by atoms with E-state index in [4.69, 9.17) is 5.11 Å². The van der Waals surface area contributed by atoms with Gasteiger partial charge in [0.15, 0.2) is 0 Å². The molecule has 5 heteroatoms. The molecule has 2 rings (SSSR count). The van der Waals surface area contributed by atoms with Crippen molar-refractivity contribution in [1.82, 2.24) is 9.38 Å². The van der Waals surface area contributed by atoms with Crippen LogP contribution in [0.25, 0.3) is 5.65 Å². The molecular formula is C10H9BrN2O2. The topological polar surface area (TPSA) is 54.6 Å². The van der Waals surface area contributed by atoms with Crippen molar-refractivity contribution in [2.24, 2.45) is 0 Å². The van der Waals surface area contributed by atoms with Crippen LogP contribution in [0.4, 0.5) is 0 Å². The van der Waals surface area contributed by atoms with Crippen LogP contribution < -0.4 is 0 Å². The van der Waals surface area contributed by atoms with E-state index in [1.54, 1.807) is 6.07 Å². The molecule has 4 nitrogen and oxygen atoms in total. The first-order valence-electron chi connectivity index (χ1n) is 4.43. The molecule has 78 valence electrons. The van der Waals surface area contributed by atoms with Gasteiger partial charge in [-0.15, -0.1) is 0 Å². The van der Waals surface area contributed by atoms with Crippen molar-refractivity contribution in [3.8, 4) is 0 Å². The van der Waals surface area contributed by atoms with Gasteiger partial charge >= 0.3 is 5.97 Å². The monoisotopic (exact) mass is 268 g/mol. The predicted molar refractivity (Wildman–Crippen MR) is 59.0 cm³/mol. The molecule has 1 N–H and O–H groups in total. The number of carboxylic acid groups (broad SMARTS) is 1. The van der Waals surface area contributed by atoms with E-state index >= 15 is 0 Å². The third-order valence-corrected chi connectivity index (χ3v) is 3.13. The number of carbonyl (C=O) groups is 1. The lowest BCUT2D eigenvalue weighted by Gasteiger charge is -2.00. The molecule has 2 heterocycles. The van der Waals surface area contributed by atoms with E-state index in [1.165, 1.54) is 0 Å². The number of hydrogen-bond donors (Lipinski definition) is 1. The lowest BCUT2D eigenvalue weighted by Crippen LogP contribution is -2.02. The molecule has 0 aliphatic carbocycles. The quantitative estimate of drug-likeness (QED) is 0.907. The minimum atomic E-state index is -0.847. The van der Waals surface area contributed by atoms with Crippen LogP contribution in [0.2, 0.25) is 0 Å². The number of fused-ring (bicyclic) bond motifs is 1. The van der Waals surface area contributed by atoms with Gasteiger partial charge in [0.2, 0.25) is 0 Å². The number of aryl methyl sites for hydroxylation is 1. The first-order valence-corrected chi connectivity index (χ1v) is 5.22. The van der Waals surface area contributed by atoms with Gasteiger partial charge in [-0.25, -0.2) is 4.98 Å². The average Bonchev–Trinajstić information content (AvgIpc) is 2.45. The predicted octanol–water partition coefficient (Wildman–Crippen LogP) is 2.03. The molecule has 0 amide bonds. The van der Waals surface area contributed by atoms with E-state index in [9.17, 15) is 4.79 Å². The fourth-order valence-electron chi connectivity index (χ4n) is 1.51. The normalized spacial score (nSPS) is 10.8. The zero-order valence-corrected chi connectivity index (χ0v) is 9.65. The third-order valence-electron chi connectivity index (χ3n) is 2.17. The molecule has 0 fully saturated rings. The van der Waals surface area contributed by atoms with Crippen molar-refractivity contribution < 1.29 is 9.90 Å². The van der Waals surface area contributed by atoms with E-state index in [1.807, 2.05) is 23.6 Å². The highest BCUT2D eigenvalue weighted by Crippen LogP contribution is 2.20. The molecule has 0 radical (unpaired) electrons. The molecule has 0 aliphatic rings. The highest BCUT2D eigenvalue weighted by Gasteiger charge is 2.11. The van der Waals surface area contributed by atoms with Crippen LogP contribution in [0.3, 0.4) is 0 Å². The number of aromatic nitrogens is 2. The van der Waals surface area contributed by atoms with Crippen molar-refractivity contribution >= 4 is 27.5 Å². The standard InChI is InChI=1S/C10H9BrN2O2/c1-6-9(11)13-4-2-3-7(5-8(14)15)10(13)12-6/h2-4H,5H2,1H3,(H,14,15). The number of rotatable bonds is 2. The molecule has 0 saturated heterocycles. The molecule has 0 atom stereocenters. The zero-order chi connectivity index (χ0) is 11.0. The summed E-state index contributed by atoms with van der Waals surface area (Å²) in [6, 6.07) is 3.60. The summed E-state index contributed by atoms with van der Waals surface area (Å²) in [5, 5.41) is 8.75. The summed E-state index contributed by atoms with van der Waals surface area (Å²) in [5.41, 5.74) is 2.27. The minimum Gasteiger partial charge on any atom is -0.481 e. The smallest absolute Gasteiger partial charge is 0.307 e. The van der Waals surface area contributed by atoms with Gasteiger partial charge in [0.05, 0.1) is 12.1 Å². The fourth-order valence-corrected chi connectivity index (χ4v) is 1.88. The third kappa shape index (κ3) is 1.74. The lowest BCUT2D eigenvalue weighted by molar-refractivity contribution is -0.136. The highest BCUT2D eigenvalue weighted by atomic mass is 79.9. The summed E-state index contributed by atoms with van der Waals surface area (Å²) in [6.45, 7) is 1.88. The Kier molecular flexibility index (Phi) is 2.48. The van der Waals surface area contributed by atoms with E-state index < -0.39 is 5.97 Å². The average molecular weight is 269 g/mol. The molecule has 0 bridgehead atoms. The first kappa shape index (κ1) is 10.2. The van der Waals surface area contributed by atoms with Gasteiger partial charge in [0.1, 0.15) is 10.3 Å². The lowest BCUT2D eigenvalue weighted by atomic mass is 10.2. The van der Waals surface area contributed by atoms with Crippen molar-refractivity contribution in [2.75, 3.05) is 0 Å². The summed E-state index contributed by atoms with van der Waals surface area (Å²) < 4.78 is 2.71. The highest BCUT2D eigenvalue weighted by molar-refractivity contribution is 9.10. The Balaban J connectivity index is 2.65. The Morgan fingerprint density at radius 3 is 3.07 bits per heavy atom. The minimum absolute atomic E-state index is 0.00671. The number of nitrogens with zero attached hydrogens (tertiary/aromatic N) is 2. The van der Waals surface area contributed by atoms with Gasteiger partial charge in [-0.2, -0.15) is 0 Å². The van der Waals surface area contributed by atoms with Crippen LogP contribution >= 0.6 is 15.9 Å². The van der Waals surface area contributed by atoms with Gasteiger partial charge in [-0.1, -0.05) is 6.07 Å². The van der Waals surface area contributed by atoms with E-state index in [0.717, 1.165) is 15.9 Å². The summed E-state index contributed by atoms with van der Waals surface area (Å²) in [7, 11) is 0. The van der Waals surface area contributed by atoms with Crippen LogP contribution in [-0.4, -0.2) is 20.5 Å². The molecule has 15 heavy (non-hydrogen) atoms. The second-order valence-electron chi connectivity index (χ2n) is 3.29. The van der Waals surface area contributed by atoms with Crippen molar-refractivity contribution in [1.29, 1.82) is 0 Å². The first-order chi connectivity index (χ1) is 7.09. The Morgan fingerprint density at radius 2 is 2.40 bits per heavy atom. The number of carboxylic acids is 1. The summed E-state index contributed by atoms with van der Waals surface area (Å²) in [6.07, 6.45) is 1.85. The Morgan fingerprint density at radius 1 is 1.67 bits per heavy atom. The summed E-state index contributed by atoms with van der Waals surface area (Å²) in [4.78, 5) is 15.0. The van der Waals surface area contributed by atoms with E-state index in [2.05, 4.69) is 20.9 Å². The SMILES string of the molecule is Cc1nc2c(CC(=O)O)cccn2c1Br. The van der Waals surface area contributed by atoms with Crippen LogP contribution in [0, 0.1) is 6.92 Å². The number of hydrogen-bond acceptors (Lipinski definition) is 2. The summed E-state index contributed by atoms with van der Waals surface area (Å²) >= 11 is 3.40. The molecular weight excluding hydrogens is 260 g/mol. The maximum atomic E-state index is 10.7. The zero-order valence-electron chi connectivity index (χ0n) is 8.07. The van der Waals surface area contributed by atoms with Crippen molar-refractivity contribution in [2.45, 2.75) is 13.3 Å². The van der Waals surface area contributed by atoms with Crippen LogP contribution in [0.5, 0.6) is 0 Å². The molecule has 2 aromatic heterocycles. The number of halogens is 1. The number of pyridine rings is 1. The van der Waals surface area contributed by atoms with Gasteiger partial charge < -0.3 is 5.11 Å². The van der Waals surface area contributed by atoms with E-state index in [-0.39, 0.29) is 6.42 Å². The molecule has 0 saturated carbocycles. The largest absolute Gasteiger partial charge is 0.481 e. The number of imidazole rings is 1. The molecule has 2 aromatic rings. The molecule has 0 unspecified atom stereocenters. The van der Waals surface area contributed by atoms with Crippen molar-refractivity contribution in [3.63, 3.8) is 0 Å². The van der Waals surface area contributed by atoms with Crippen LogP contribution in [0.1, 0.15) is 11.3 Å². The van der Waals surface area contributed by atoms with Gasteiger partial charge in [-0.05, 0) is 28.9 Å². The summed E-state index contributed by atoms with van der Waals surface area (Å²) in [5.74, 6) is -0.847. The van der Waals surface area contributed by atoms with E-state index in [0.29, 0.717) is 5.65 Å². The molecule has 0 aliphatic heterocycles. The van der Waals surface area contributed by atoms with Crippen LogP contribution in [-0.2, 0) is 11.2 Å². The van der Waals surface area contributed by atoms with Crippen molar-refractivity contribution in [3.05, 3.63) is 34.2 Å². The molecule has 0 spiro atoms. The number of aliphatic carboxylic acids is 1. The maximum absolute atomic E-state index is 10.7. The van der Waals surface area contributed by atoms with Gasteiger partial charge in [0.25, 0.3) is 0 Å².